The molecular formula is C14H18N2O. The molecule has 0 bridgehead atoms. The van der Waals surface area contributed by atoms with Gasteiger partial charge in [0.2, 0.25) is 0 Å². The lowest BCUT2D eigenvalue weighted by Crippen LogP contribution is -2.38. The normalized spacial score (nSPS) is 25.3. The number of ether oxygens (including phenoxy) is 1. The van der Waals surface area contributed by atoms with E-state index in [0.29, 0.717) is 0 Å². The number of hydrogen-bond acceptors (Lipinski definition) is 2. The van der Waals surface area contributed by atoms with E-state index in [0.717, 1.165) is 13.1 Å². The summed E-state index contributed by atoms with van der Waals surface area (Å²) in [5.74, 6) is 0. The maximum absolute atomic E-state index is 6.02. The van der Waals surface area contributed by atoms with Gasteiger partial charge in [-0.15, -0.1) is 0 Å². The predicted octanol–water partition coefficient (Wildman–Crippen LogP) is 2.23. The molecule has 3 rings (SSSR count). The average Bonchev–Trinajstić information content (AvgIpc) is 2.68. The lowest BCUT2D eigenvalue weighted by atomic mass is 10.1. The molecule has 1 aromatic heterocycles. The van der Waals surface area contributed by atoms with Gasteiger partial charge < -0.3 is 14.6 Å². The Morgan fingerprint density at radius 3 is 2.94 bits per heavy atom. The Balaban J connectivity index is 2.05. The summed E-state index contributed by atoms with van der Waals surface area (Å²) in [5, 5.41) is 4.72. The van der Waals surface area contributed by atoms with E-state index >= 15 is 0 Å². The summed E-state index contributed by atoms with van der Waals surface area (Å²) in [7, 11) is 2.09. The van der Waals surface area contributed by atoms with Crippen molar-refractivity contribution in [3.05, 3.63) is 36.0 Å². The van der Waals surface area contributed by atoms with Crippen molar-refractivity contribution >= 4 is 10.9 Å². The van der Waals surface area contributed by atoms with Gasteiger partial charge in [0.05, 0.1) is 12.2 Å². The molecule has 1 fully saturated rings. The topological polar surface area (TPSA) is 26.2 Å². The molecule has 1 aliphatic rings. The van der Waals surface area contributed by atoms with Gasteiger partial charge in [-0.25, -0.2) is 0 Å². The Hall–Kier alpha value is -1.32. The monoisotopic (exact) mass is 230 g/mol. The number of nitrogens with zero attached hydrogens (tertiary/aromatic N) is 1. The van der Waals surface area contributed by atoms with Crippen molar-refractivity contribution in [2.24, 2.45) is 7.05 Å². The Morgan fingerprint density at radius 2 is 2.12 bits per heavy atom. The molecule has 0 amide bonds. The van der Waals surface area contributed by atoms with E-state index in [1.807, 2.05) is 0 Å². The molecule has 1 N–H and O–H groups in total. The van der Waals surface area contributed by atoms with Crippen LogP contribution in [-0.4, -0.2) is 23.8 Å². The Labute approximate surface area is 101 Å². The Bertz CT molecular complexity index is 532. The first-order valence-corrected chi connectivity index (χ1v) is 6.16. The minimum Gasteiger partial charge on any atom is -0.368 e. The molecule has 1 saturated heterocycles. The van der Waals surface area contributed by atoms with E-state index in [2.05, 4.69) is 54.3 Å². The molecule has 1 aromatic carbocycles. The first-order chi connectivity index (χ1) is 8.25. The number of aryl methyl sites for hydroxylation is 1. The summed E-state index contributed by atoms with van der Waals surface area (Å²) in [5.41, 5.74) is 2.56. The number of morpholine rings is 1. The van der Waals surface area contributed by atoms with Crippen LogP contribution >= 0.6 is 0 Å². The SMILES string of the molecule is CC1CNCC(c2cn(C)c3ccccc23)O1. The molecule has 0 aliphatic carbocycles. The van der Waals surface area contributed by atoms with Crippen LogP contribution in [0.15, 0.2) is 30.5 Å². The predicted molar refractivity (Wildman–Crippen MR) is 69.1 cm³/mol. The number of nitrogens with one attached hydrogen (secondary N) is 1. The van der Waals surface area contributed by atoms with Gasteiger partial charge in [-0.05, 0) is 13.0 Å². The quantitative estimate of drug-likeness (QED) is 0.813. The zero-order valence-corrected chi connectivity index (χ0v) is 10.3. The van der Waals surface area contributed by atoms with Gasteiger partial charge in [-0.2, -0.15) is 0 Å². The van der Waals surface area contributed by atoms with Crippen molar-refractivity contribution in [2.75, 3.05) is 13.1 Å². The van der Waals surface area contributed by atoms with Gasteiger partial charge >= 0.3 is 0 Å². The number of aromatic nitrogens is 1. The number of fused-ring (bicyclic) bond motifs is 1. The van der Waals surface area contributed by atoms with E-state index in [1.165, 1.54) is 16.5 Å². The number of hydrogen-bond donors (Lipinski definition) is 1. The van der Waals surface area contributed by atoms with Crippen LogP contribution in [-0.2, 0) is 11.8 Å². The Morgan fingerprint density at radius 1 is 1.29 bits per heavy atom. The van der Waals surface area contributed by atoms with Crippen LogP contribution in [0.4, 0.5) is 0 Å². The lowest BCUT2D eigenvalue weighted by Gasteiger charge is -2.28. The van der Waals surface area contributed by atoms with Crippen molar-refractivity contribution < 1.29 is 4.74 Å². The zero-order chi connectivity index (χ0) is 11.8. The van der Waals surface area contributed by atoms with Crippen LogP contribution in [0.3, 0.4) is 0 Å². The molecule has 3 heteroatoms. The van der Waals surface area contributed by atoms with E-state index < -0.39 is 0 Å². The highest BCUT2D eigenvalue weighted by atomic mass is 16.5. The third-order valence-corrected chi connectivity index (χ3v) is 3.43. The zero-order valence-electron chi connectivity index (χ0n) is 10.3. The number of rotatable bonds is 1. The second-order valence-electron chi connectivity index (χ2n) is 4.81. The third-order valence-electron chi connectivity index (χ3n) is 3.43. The fourth-order valence-corrected chi connectivity index (χ4v) is 2.61. The van der Waals surface area contributed by atoms with E-state index in [4.69, 9.17) is 4.74 Å². The highest BCUT2D eigenvalue weighted by molar-refractivity contribution is 5.84. The van der Waals surface area contributed by atoms with Crippen molar-refractivity contribution in [2.45, 2.75) is 19.1 Å². The fourth-order valence-electron chi connectivity index (χ4n) is 2.61. The van der Waals surface area contributed by atoms with Gasteiger partial charge in [-0.3, -0.25) is 0 Å². The average molecular weight is 230 g/mol. The summed E-state index contributed by atoms with van der Waals surface area (Å²) in [4.78, 5) is 0. The smallest absolute Gasteiger partial charge is 0.0974 e. The van der Waals surface area contributed by atoms with Crippen LogP contribution in [0.25, 0.3) is 10.9 Å². The van der Waals surface area contributed by atoms with Gasteiger partial charge in [0.25, 0.3) is 0 Å². The van der Waals surface area contributed by atoms with Gasteiger partial charge in [0.1, 0.15) is 0 Å². The van der Waals surface area contributed by atoms with Crippen LogP contribution < -0.4 is 5.32 Å². The third kappa shape index (κ3) is 1.85. The standard InChI is InChI=1S/C14H18N2O/c1-10-7-15-8-14(17-10)12-9-16(2)13-6-4-3-5-11(12)13/h3-6,9-10,14-15H,7-8H2,1-2H3. The van der Waals surface area contributed by atoms with Crippen LogP contribution in [0.5, 0.6) is 0 Å². The van der Waals surface area contributed by atoms with Crippen molar-refractivity contribution in [1.29, 1.82) is 0 Å². The van der Waals surface area contributed by atoms with Gasteiger partial charge in [-0.1, -0.05) is 18.2 Å². The first-order valence-electron chi connectivity index (χ1n) is 6.16. The second kappa shape index (κ2) is 4.17. The van der Waals surface area contributed by atoms with Crippen LogP contribution in [0, 0.1) is 0 Å². The lowest BCUT2D eigenvalue weighted by molar-refractivity contribution is -0.0280. The minimum absolute atomic E-state index is 0.171. The van der Waals surface area contributed by atoms with Crippen molar-refractivity contribution in [3.8, 4) is 0 Å². The Kier molecular flexibility index (Phi) is 2.65. The largest absolute Gasteiger partial charge is 0.368 e. The van der Waals surface area contributed by atoms with E-state index in [-0.39, 0.29) is 12.2 Å². The molecule has 2 heterocycles. The molecule has 90 valence electrons. The van der Waals surface area contributed by atoms with Gasteiger partial charge in [0, 0.05) is 42.8 Å². The maximum atomic E-state index is 6.02. The maximum Gasteiger partial charge on any atom is 0.0974 e. The summed E-state index contributed by atoms with van der Waals surface area (Å²) in [6, 6.07) is 8.49. The molecule has 0 radical (unpaired) electrons. The molecule has 17 heavy (non-hydrogen) atoms. The van der Waals surface area contributed by atoms with Crippen molar-refractivity contribution in [3.63, 3.8) is 0 Å². The molecule has 0 spiro atoms. The fraction of sp³-hybridized carbons (Fsp3) is 0.429. The molecule has 2 aromatic rings. The van der Waals surface area contributed by atoms with Crippen LogP contribution in [0.2, 0.25) is 0 Å². The van der Waals surface area contributed by atoms with Crippen LogP contribution in [0.1, 0.15) is 18.6 Å². The highest BCUT2D eigenvalue weighted by Crippen LogP contribution is 2.29. The van der Waals surface area contributed by atoms with E-state index in [1.54, 1.807) is 0 Å². The number of benzene rings is 1. The molecule has 3 nitrogen and oxygen atoms in total. The molecule has 2 atom stereocenters. The molecular weight excluding hydrogens is 212 g/mol. The summed E-state index contributed by atoms with van der Waals surface area (Å²) >= 11 is 0. The highest BCUT2D eigenvalue weighted by Gasteiger charge is 2.23. The van der Waals surface area contributed by atoms with Crippen molar-refractivity contribution in [1.82, 2.24) is 9.88 Å². The summed E-state index contributed by atoms with van der Waals surface area (Å²) in [6.07, 6.45) is 2.65. The minimum atomic E-state index is 0.171. The first kappa shape index (κ1) is 10.8. The number of para-hydroxylation sites is 1. The van der Waals surface area contributed by atoms with Gasteiger partial charge in [0.15, 0.2) is 0 Å². The second-order valence-corrected chi connectivity index (χ2v) is 4.81. The van der Waals surface area contributed by atoms with E-state index in [9.17, 15) is 0 Å². The summed E-state index contributed by atoms with van der Waals surface area (Å²) < 4.78 is 8.19. The molecule has 0 saturated carbocycles. The molecule has 2 unspecified atom stereocenters. The summed E-state index contributed by atoms with van der Waals surface area (Å²) in [6.45, 7) is 3.96. The molecule has 1 aliphatic heterocycles.